The summed E-state index contributed by atoms with van der Waals surface area (Å²) in [7, 11) is 0. The summed E-state index contributed by atoms with van der Waals surface area (Å²) in [6, 6.07) is 6.49. The highest BCUT2D eigenvalue weighted by molar-refractivity contribution is 5.41. The number of ether oxygens (including phenoxy) is 2. The Labute approximate surface area is 126 Å². The van der Waals surface area contributed by atoms with Gasteiger partial charge in [-0.25, -0.2) is 0 Å². The summed E-state index contributed by atoms with van der Waals surface area (Å²) in [4.78, 5) is 2.45. The smallest absolute Gasteiger partial charge is 0.122 e. The van der Waals surface area contributed by atoms with Crippen LogP contribution in [0.15, 0.2) is 18.2 Å². The molecule has 116 valence electrons. The molecule has 0 aromatic heterocycles. The quantitative estimate of drug-likeness (QED) is 0.645. The highest BCUT2D eigenvalue weighted by atomic mass is 16.5. The van der Waals surface area contributed by atoms with Crippen molar-refractivity contribution in [2.24, 2.45) is 5.84 Å². The molecule has 2 aliphatic heterocycles. The van der Waals surface area contributed by atoms with E-state index in [1.807, 2.05) is 0 Å². The predicted molar refractivity (Wildman–Crippen MR) is 82.2 cm³/mol. The molecule has 1 aromatic carbocycles. The molecule has 1 unspecified atom stereocenters. The molecule has 1 aromatic rings. The number of nitrogens with one attached hydrogen (secondary N) is 1. The molecule has 0 bridgehead atoms. The summed E-state index contributed by atoms with van der Waals surface area (Å²) in [5.41, 5.74) is 5.45. The second-order valence-electron chi connectivity index (χ2n) is 6.32. The Kier molecular flexibility index (Phi) is 4.17. The van der Waals surface area contributed by atoms with E-state index in [0.29, 0.717) is 0 Å². The molecule has 1 atom stereocenters. The molecule has 2 heterocycles. The fraction of sp³-hybridized carbons (Fsp3) is 0.625. The molecule has 0 saturated carbocycles. The van der Waals surface area contributed by atoms with Gasteiger partial charge in [-0.15, -0.1) is 0 Å². The molecule has 0 amide bonds. The first-order valence-electron chi connectivity index (χ1n) is 7.67. The maximum absolute atomic E-state index is 5.90. The number of rotatable bonds is 4. The van der Waals surface area contributed by atoms with Crippen molar-refractivity contribution in [1.82, 2.24) is 10.3 Å². The lowest BCUT2D eigenvalue weighted by molar-refractivity contribution is -0.0238. The lowest BCUT2D eigenvalue weighted by atomic mass is 9.86. The SMILES string of the molecule is CC(C)(C(NN)c1ccc2c(c1)CCO2)N1CCOCC1. The first-order valence-corrected chi connectivity index (χ1v) is 7.67. The molecule has 3 N–H and O–H groups in total. The zero-order valence-corrected chi connectivity index (χ0v) is 12.9. The number of morpholine rings is 1. The molecular formula is C16H25N3O2. The van der Waals surface area contributed by atoms with Gasteiger partial charge in [-0.05, 0) is 31.0 Å². The van der Waals surface area contributed by atoms with E-state index in [0.717, 1.165) is 45.1 Å². The summed E-state index contributed by atoms with van der Waals surface area (Å²) in [6.07, 6.45) is 0.985. The Bertz CT molecular complexity index is 498. The Morgan fingerprint density at radius 3 is 2.71 bits per heavy atom. The van der Waals surface area contributed by atoms with E-state index in [4.69, 9.17) is 15.3 Å². The minimum atomic E-state index is -0.0772. The predicted octanol–water partition coefficient (Wildman–Crippen LogP) is 1.24. The fourth-order valence-corrected chi connectivity index (χ4v) is 3.42. The van der Waals surface area contributed by atoms with Crippen LogP contribution in [0.3, 0.4) is 0 Å². The van der Waals surface area contributed by atoms with Gasteiger partial charge in [-0.3, -0.25) is 16.2 Å². The van der Waals surface area contributed by atoms with Gasteiger partial charge in [0.1, 0.15) is 5.75 Å². The van der Waals surface area contributed by atoms with Crippen LogP contribution in [-0.2, 0) is 11.2 Å². The molecule has 1 saturated heterocycles. The standard InChI is InChI=1S/C16H25N3O2/c1-16(2,19-6-9-20-10-7-19)15(18-17)13-3-4-14-12(11-13)5-8-21-14/h3-4,11,15,18H,5-10,17H2,1-2H3. The van der Waals surface area contributed by atoms with Crippen molar-refractivity contribution >= 4 is 0 Å². The van der Waals surface area contributed by atoms with Gasteiger partial charge in [0.15, 0.2) is 0 Å². The molecule has 5 nitrogen and oxygen atoms in total. The van der Waals surface area contributed by atoms with Crippen LogP contribution in [0.1, 0.15) is 31.0 Å². The number of fused-ring (bicyclic) bond motifs is 1. The molecule has 21 heavy (non-hydrogen) atoms. The van der Waals surface area contributed by atoms with Gasteiger partial charge in [-0.1, -0.05) is 12.1 Å². The molecular weight excluding hydrogens is 266 g/mol. The van der Waals surface area contributed by atoms with Crippen LogP contribution in [0, 0.1) is 0 Å². The van der Waals surface area contributed by atoms with Gasteiger partial charge in [0.25, 0.3) is 0 Å². The molecule has 0 radical (unpaired) electrons. The maximum Gasteiger partial charge on any atom is 0.122 e. The van der Waals surface area contributed by atoms with Crippen molar-refractivity contribution in [2.75, 3.05) is 32.9 Å². The van der Waals surface area contributed by atoms with E-state index in [9.17, 15) is 0 Å². The third-order valence-electron chi connectivity index (χ3n) is 4.75. The van der Waals surface area contributed by atoms with Gasteiger partial charge in [0, 0.05) is 25.0 Å². The first kappa shape index (κ1) is 14.8. The Balaban J connectivity index is 1.86. The van der Waals surface area contributed by atoms with E-state index in [1.54, 1.807) is 0 Å². The van der Waals surface area contributed by atoms with Gasteiger partial charge in [0.05, 0.1) is 25.9 Å². The number of nitrogens with zero attached hydrogens (tertiary/aromatic N) is 1. The zero-order valence-electron chi connectivity index (χ0n) is 12.9. The van der Waals surface area contributed by atoms with Crippen molar-refractivity contribution in [1.29, 1.82) is 0 Å². The van der Waals surface area contributed by atoms with Crippen LogP contribution in [0.25, 0.3) is 0 Å². The van der Waals surface area contributed by atoms with Gasteiger partial charge in [0.2, 0.25) is 0 Å². The van der Waals surface area contributed by atoms with Gasteiger partial charge in [-0.2, -0.15) is 0 Å². The summed E-state index contributed by atoms with van der Waals surface area (Å²) in [5, 5.41) is 0. The number of hydrogen-bond acceptors (Lipinski definition) is 5. The third kappa shape index (κ3) is 2.79. The first-order chi connectivity index (χ1) is 10.1. The van der Waals surface area contributed by atoms with Crippen molar-refractivity contribution in [3.05, 3.63) is 29.3 Å². The van der Waals surface area contributed by atoms with Crippen LogP contribution >= 0.6 is 0 Å². The summed E-state index contributed by atoms with van der Waals surface area (Å²) < 4.78 is 11.1. The Morgan fingerprint density at radius 1 is 1.24 bits per heavy atom. The average molecular weight is 291 g/mol. The monoisotopic (exact) mass is 291 g/mol. The van der Waals surface area contributed by atoms with E-state index < -0.39 is 0 Å². The van der Waals surface area contributed by atoms with E-state index >= 15 is 0 Å². The topological polar surface area (TPSA) is 59.8 Å². The second kappa shape index (κ2) is 5.93. The number of benzene rings is 1. The number of hydrazine groups is 1. The molecule has 1 fully saturated rings. The van der Waals surface area contributed by atoms with Crippen molar-refractivity contribution in [2.45, 2.75) is 31.8 Å². The van der Waals surface area contributed by atoms with Gasteiger partial charge < -0.3 is 9.47 Å². The Hall–Kier alpha value is -1.14. The molecule has 0 spiro atoms. The largest absolute Gasteiger partial charge is 0.493 e. The van der Waals surface area contributed by atoms with Crippen molar-refractivity contribution in [3.8, 4) is 5.75 Å². The summed E-state index contributed by atoms with van der Waals surface area (Å²) >= 11 is 0. The molecule has 5 heteroatoms. The zero-order chi connectivity index (χ0) is 14.9. The summed E-state index contributed by atoms with van der Waals surface area (Å²) in [6.45, 7) is 8.74. The minimum Gasteiger partial charge on any atom is -0.493 e. The normalized spacial score (nSPS) is 20.9. The van der Waals surface area contributed by atoms with E-state index in [1.165, 1.54) is 11.1 Å². The molecule has 2 aliphatic rings. The minimum absolute atomic E-state index is 0.0708. The number of nitrogens with two attached hydrogens (primary N) is 1. The molecule has 3 rings (SSSR count). The fourth-order valence-electron chi connectivity index (χ4n) is 3.42. The lowest BCUT2D eigenvalue weighted by Crippen LogP contribution is -2.57. The van der Waals surface area contributed by atoms with Crippen LogP contribution in [-0.4, -0.2) is 43.3 Å². The maximum atomic E-state index is 5.90. The highest BCUT2D eigenvalue weighted by Crippen LogP contribution is 2.34. The summed E-state index contributed by atoms with van der Waals surface area (Å²) in [5.74, 6) is 6.92. The van der Waals surface area contributed by atoms with E-state index in [2.05, 4.69) is 42.4 Å². The van der Waals surface area contributed by atoms with E-state index in [-0.39, 0.29) is 11.6 Å². The van der Waals surface area contributed by atoms with Crippen LogP contribution in [0.5, 0.6) is 5.75 Å². The lowest BCUT2D eigenvalue weighted by Gasteiger charge is -2.45. The van der Waals surface area contributed by atoms with Crippen LogP contribution < -0.4 is 16.0 Å². The number of hydrogen-bond donors (Lipinski definition) is 2. The Morgan fingerprint density at radius 2 is 2.00 bits per heavy atom. The van der Waals surface area contributed by atoms with Crippen molar-refractivity contribution in [3.63, 3.8) is 0 Å². The third-order valence-corrected chi connectivity index (χ3v) is 4.75. The second-order valence-corrected chi connectivity index (χ2v) is 6.32. The highest BCUT2D eigenvalue weighted by Gasteiger charge is 2.37. The van der Waals surface area contributed by atoms with Crippen LogP contribution in [0.2, 0.25) is 0 Å². The average Bonchev–Trinajstić information content (AvgIpc) is 2.96. The van der Waals surface area contributed by atoms with Gasteiger partial charge >= 0.3 is 0 Å². The van der Waals surface area contributed by atoms with Crippen molar-refractivity contribution < 1.29 is 9.47 Å². The molecule has 0 aliphatic carbocycles. The van der Waals surface area contributed by atoms with Crippen LogP contribution in [0.4, 0.5) is 0 Å².